The van der Waals surface area contributed by atoms with E-state index in [1.807, 2.05) is 13.0 Å². The van der Waals surface area contributed by atoms with Gasteiger partial charge >= 0.3 is 5.97 Å². The molecule has 0 fully saturated rings. The van der Waals surface area contributed by atoms with Crippen molar-refractivity contribution in [3.8, 4) is 17.2 Å². The maximum absolute atomic E-state index is 12.5. The second-order valence-corrected chi connectivity index (χ2v) is 6.00. The first-order chi connectivity index (χ1) is 13.5. The largest absolute Gasteiger partial charge is 0.497 e. The second-order valence-electron chi connectivity index (χ2n) is 6.00. The van der Waals surface area contributed by atoms with Crippen LogP contribution < -0.4 is 9.47 Å². The summed E-state index contributed by atoms with van der Waals surface area (Å²) in [4.78, 5) is 24.7. The predicted octanol–water partition coefficient (Wildman–Crippen LogP) is 3.24. The molecule has 0 spiro atoms. The number of ketones is 1. The number of hydrogen-bond donors (Lipinski definition) is 0. The fourth-order valence-electron chi connectivity index (χ4n) is 2.70. The first-order valence-electron chi connectivity index (χ1n) is 8.57. The average molecular weight is 380 g/mol. The molecule has 3 rings (SSSR count). The summed E-state index contributed by atoms with van der Waals surface area (Å²) in [5, 5.41) is 4.22. The molecule has 28 heavy (non-hydrogen) atoms. The first kappa shape index (κ1) is 19.2. The van der Waals surface area contributed by atoms with E-state index in [9.17, 15) is 9.59 Å². The fraction of sp³-hybridized carbons (Fsp3) is 0.190. The zero-order chi connectivity index (χ0) is 20.1. The van der Waals surface area contributed by atoms with Gasteiger partial charge in [0.1, 0.15) is 11.5 Å². The van der Waals surface area contributed by atoms with Crippen molar-refractivity contribution >= 4 is 11.8 Å². The van der Waals surface area contributed by atoms with Gasteiger partial charge in [-0.1, -0.05) is 0 Å². The molecule has 144 valence electrons. The van der Waals surface area contributed by atoms with E-state index in [0.717, 1.165) is 11.4 Å². The molecule has 0 aliphatic rings. The minimum absolute atomic E-state index is 0.291. The van der Waals surface area contributed by atoms with Crippen molar-refractivity contribution in [3.05, 3.63) is 71.5 Å². The van der Waals surface area contributed by atoms with Crippen molar-refractivity contribution in [1.82, 2.24) is 9.78 Å². The highest BCUT2D eigenvalue weighted by Crippen LogP contribution is 2.24. The van der Waals surface area contributed by atoms with Crippen LogP contribution >= 0.6 is 0 Å². The van der Waals surface area contributed by atoms with Gasteiger partial charge < -0.3 is 14.2 Å². The zero-order valence-corrected chi connectivity index (χ0v) is 15.8. The summed E-state index contributed by atoms with van der Waals surface area (Å²) < 4.78 is 17.2. The predicted molar refractivity (Wildman–Crippen MR) is 102 cm³/mol. The smallest absolute Gasteiger partial charge is 0.338 e. The summed E-state index contributed by atoms with van der Waals surface area (Å²) in [5.74, 6) is -0.0624. The van der Waals surface area contributed by atoms with Gasteiger partial charge in [0.25, 0.3) is 0 Å². The van der Waals surface area contributed by atoms with Gasteiger partial charge in [0, 0.05) is 11.9 Å². The molecule has 2 aromatic carbocycles. The third-order valence-corrected chi connectivity index (χ3v) is 4.22. The van der Waals surface area contributed by atoms with Gasteiger partial charge in [0.15, 0.2) is 6.61 Å². The lowest BCUT2D eigenvalue weighted by molar-refractivity contribution is 0.0474. The lowest BCUT2D eigenvalue weighted by atomic mass is 10.1. The molecule has 1 aromatic heterocycles. The number of Topliss-reactive ketones (excluding diaryl/α,β-unsaturated/α-hetero) is 1. The third-order valence-electron chi connectivity index (χ3n) is 4.22. The van der Waals surface area contributed by atoms with Gasteiger partial charge in [0.05, 0.1) is 31.0 Å². The number of nitrogens with zero attached hydrogens (tertiary/aromatic N) is 2. The van der Waals surface area contributed by atoms with Crippen LogP contribution in [-0.4, -0.2) is 42.4 Å². The van der Waals surface area contributed by atoms with E-state index >= 15 is 0 Å². The van der Waals surface area contributed by atoms with Crippen molar-refractivity contribution in [3.63, 3.8) is 0 Å². The molecule has 0 aliphatic carbocycles. The van der Waals surface area contributed by atoms with Crippen molar-refractivity contribution in [1.29, 1.82) is 0 Å². The van der Waals surface area contributed by atoms with Crippen LogP contribution in [-0.2, 0) is 4.74 Å². The van der Waals surface area contributed by atoms with E-state index in [1.165, 1.54) is 14.2 Å². The summed E-state index contributed by atoms with van der Waals surface area (Å²) >= 11 is 0. The van der Waals surface area contributed by atoms with E-state index in [1.54, 1.807) is 53.3 Å². The van der Waals surface area contributed by atoms with Crippen LogP contribution in [0.15, 0.2) is 54.7 Å². The maximum Gasteiger partial charge on any atom is 0.338 e. The topological polar surface area (TPSA) is 79.7 Å². The normalized spacial score (nSPS) is 10.4. The van der Waals surface area contributed by atoms with Crippen molar-refractivity contribution in [2.75, 3.05) is 20.8 Å². The highest BCUT2D eigenvalue weighted by molar-refractivity contribution is 6.01. The molecular formula is C21H20N2O5. The molecule has 0 amide bonds. The average Bonchev–Trinajstić information content (AvgIpc) is 3.17. The zero-order valence-electron chi connectivity index (χ0n) is 15.8. The van der Waals surface area contributed by atoms with Gasteiger partial charge in [-0.25, -0.2) is 9.48 Å². The molecule has 7 heteroatoms. The number of carbonyl (C=O) groups is 2. The van der Waals surface area contributed by atoms with Crippen molar-refractivity contribution < 1.29 is 23.8 Å². The molecule has 1 heterocycles. The van der Waals surface area contributed by atoms with Crippen LogP contribution in [0, 0.1) is 6.92 Å². The Kier molecular flexibility index (Phi) is 5.74. The minimum atomic E-state index is -0.584. The highest BCUT2D eigenvalue weighted by Gasteiger charge is 2.17. The van der Waals surface area contributed by atoms with E-state index < -0.39 is 12.6 Å². The van der Waals surface area contributed by atoms with Crippen LogP contribution in [0.4, 0.5) is 0 Å². The number of rotatable bonds is 7. The Balaban J connectivity index is 1.67. The number of carbonyl (C=O) groups excluding carboxylic acids is 2. The van der Waals surface area contributed by atoms with Gasteiger partial charge in [0.2, 0.25) is 5.78 Å². The van der Waals surface area contributed by atoms with E-state index in [2.05, 4.69) is 5.10 Å². The third kappa shape index (κ3) is 4.03. The van der Waals surface area contributed by atoms with E-state index in [0.29, 0.717) is 22.6 Å². The monoisotopic (exact) mass is 380 g/mol. The Hall–Kier alpha value is -3.61. The van der Waals surface area contributed by atoms with E-state index in [4.69, 9.17) is 14.2 Å². The fourth-order valence-corrected chi connectivity index (χ4v) is 2.70. The maximum atomic E-state index is 12.5. The molecular weight excluding hydrogens is 360 g/mol. The van der Waals surface area contributed by atoms with Crippen molar-refractivity contribution in [2.45, 2.75) is 6.92 Å². The highest BCUT2D eigenvalue weighted by atomic mass is 16.5. The van der Waals surface area contributed by atoms with Gasteiger partial charge in [-0.15, -0.1) is 0 Å². The number of ether oxygens (including phenoxy) is 3. The molecule has 0 atom stereocenters. The molecule has 0 saturated heterocycles. The Bertz CT molecular complexity index is 992. The summed E-state index contributed by atoms with van der Waals surface area (Å²) in [6, 6.07) is 13.6. The van der Waals surface area contributed by atoms with Crippen LogP contribution in [0.3, 0.4) is 0 Å². The minimum Gasteiger partial charge on any atom is -0.497 e. The lowest BCUT2D eigenvalue weighted by Crippen LogP contribution is -2.15. The number of methoxy groups -OCH3 is 2. The Morgan fingerprint density at radius 1 is 1.00 bits per heavy atom. The van der Waals surface area contributed by atoms with E-state index in [-0.39, 0.29) is 5.78 Å². The molecule has 0 aliphatic heterocycles. The number of benzene rings is 2. The van der Waals surface area contributed by atoms with Crippen LogP contribution in [0.2, 0.25) is 0 Å². The second kappa shape index (κ2) is 8.39. The molecule has 0 bridgehead atoms. The van der Waals surface area contributed by atoms with Gasteiger partial charge in [-0.2, -0.15) is 5.10 Å². The summed E-state index contributed by atoms with van der Waals surface area (Å²) in [5.41, 5.74) is 2.45. The van der Waals surface area contributed by atoms with Gasteiger partial charge in [-0.05, 0) is 55.5 Å². The molecule has 0 N–H and O–H groups in total. The van der Waals surface area contributed by atoms with Crippen LogP contribution in [0.1, 0.15) is 26.4 Å². The van der Waals surface area contributed by atoms with Crippen molar-refractivity contribution in [2.24, 2.45) is 0 Å². The lowest BCUT2D eigenvalue weighted by Gasteiger charge is -2.10. The molecule has 3 aromatic rings. The molecule has 0 unspecified atom stereocenters. The first-order valence-corrected chi connectivity index (χ1v) is 8.57. The van der Waals surface area contributed by atoms with Crippen LogP contribution in [0.5, 0.6) is 11.5 Å². The Morgan fingerprint density at radius 3 is 2.36 bits per heavy atom. The number of hydrogen-bond acceptors (Lipinski definition) is 6. The number of esters is 1. The van der Waals surface area contributed by atoms with Gasteiger partial charge in [-0.3, -0.25) is 4.79 Å². The summed E-state index contributed by atoms with van der Waals surface area (Å²) in [6.07, 6.45) is 1.70. The van der Waals surface area contributed by atoms with Crippen LogP contribution in [0.25, 0.3) is 5.69 Å². The molecule has 7 nitrogen and oxygen atoms in total. The number of aromatic nitrogens is 2. The summed E-state index contributed by atoms with van der Waals surface area (Å²) in [7, 11) is 2.97. The Morgan fingerprint density at radius 2 is 1.75 bits per heavy atom. The quantitative estimate of drug-likeness (QED) is 0.462. The number of aryl methyl sites for hydroxylation is 1. The SMILES string of the molecule is COc1ccc(OC)c(C(=O)COC(=O)c2ccc(-n3nccc3C)cc2)c1. The Labute approximate surface area is 162 Å². The summed E-state index contributed by atoms with van der Waals surface area (Å²) in [6.45, 7) is 1.54. The molecule has 0 radical (unpaired) electrons. The standard InChI is InChI=1S/C21H20N2O5/c1-14-10-11-22-23(14)16-6-4-15(5-7-16)21(25)28-13-19(24)18-12-17(26-2)8-9-20(18)27-3/h4-12H,13H2,1-3H3. The molecule has 0 saturated carbocycles.